The molecule has 0 atom stereocenters. The Morgan fingerprint density at radius 3 is 2.69 bits per heavy atom. The molecule has 16 heavy (non-hydrogen) atoms. The highest BCUT2D eigenvalue weighted by Crippen LogP contribution is 2.25. The van der Waals surface area contributed by atoms with Gasteiger partial charge >= 0.3 is 11.7 Å². The highest BCUT2D eigenvalue weighted by atomic mass is 19.1. The van der Waals surface area contributed by atoms with Gasteiger partial charge in [0.25, 0.3) is 0 Å². The first kappa shape index (κ1) is 11.8. The number of carboxylic acids is 1. The molecule has 0 aliphatic carbocycles. The van der Waals surface area contributed by atoms with Gasteiger partial charge in [-0.25, -0.2) is 4.79 Å². The molecule has 0 aromatic heterocycles. The lowest BCUT2D eigenvalue weighted by atomic mass is 10.1. The van der Waals surface area contributed by atoms with E-state index in [2.05, 4.69) is 0 Å². The first-order chi connectivity index (χ1) is 7.43. The minimum Gasteiger partial charge on any atom is -0.478 e. The molecule has 0 unspecified atom stereocenters. The van der Waals surface area contributed by atoms with Crippen LogP contribution in [0.25, 0.3) is 6.08 Å². The van der Waals surface area contributed by atoms with Crippen LogP contribution in [0.3, 0.4) is 0 Å². The number of nitrogens with zero attached hydrogens (tertiary/aromatic N) is 1. The summed E-state index contributed by atoms with van der Waals surface area (Å²) in [5, 5.41) is 19.0. The van der Waals surface area contributed by atoms with E-state index in [1.807, 2.05) is 0 Å². The van der Waals surface area contributed by atoms with Crippen LogP contribution in [0, 0.1) is 22.9 Å². The third-order valence-corrected chi connectivity index (χ3v) is 2.01. The summed E-state index contributed by atoms with van der Waals surface area (Å²) in [5.41, 5.74) is -0.231. The van der Waals surface area contributed by atoms with Crippen LogP contribution in [0.15, 0.2) is 18.2 Å². The van der Waals surface area contributed by atoms with Crippen molar-refractivity contribution in [2.45, 2.75) is 6.92 Å². The van der Waals surface area contributed by atoms with Gasteiger partial charge in [-0.05, 0) is 24.6 Å². The van der Waals surface area contributed by atoms with E-state index in [4.69, 9.17) is 5.11 Å². The number of nitro groups is 1. The number of aliphatic carboxylic acids is 1. The average Bonchev–Trinajstić information content (AvgIpc) is 2.15. The third kappa shape index (κ3) is 2.41. The number of hydrogen-bond donors (Lipinski definition) is 1. The molecular weight excluding hydrogens is 217 g/mol. The Morgan fingerprint density at radius 2 is 2.19 bits per heavy atom. The summed E-state index contributed by atoms with van der Waals surface area (Å²) in [4.78, 5) is 20.0. The van der Waals surface area contributed by atoms with Gasteiger partial charge in [-0.1, -0.05) is 6.07 Å². The third-order valence-electron chi connectivity index (χ3n) is 2.01. The summed E-state index contributed by atoms with van der Waals surface area (Å²) in [7, 11) is 0. The minimum absolute atomic E-state index is 0.0995. The molecule has 6 heteroatoms. The smallest absolute Gasteiger partial charge is 0.328 e. The lowest BCUT2D eigenvalue weighted by Gasteiger charge is -2.02. The second-order valence-corrected chi connectivity index (χ2v) is 3.04. The summed E-state index contributed by atoms with van der Waals surface area (Å²) in [5.74, 6) is -2.11. The lowest BCUT2D eigenvalue weighted by Crippen LogP contribution is -1.98. The van der Waals surface area contributed by atoms with E-state index in [0.29, 0.717) is 5.56 Å². The van der Waals surface area contributed by atoms with Crippen LogP contribution in [-0.2, 0) is 4.79 Å². The van der Waals surface area contributed by atoms with Crippen LogP contribution in [0.5, 0.6) is 0 Å². The van der Waals surface area contributed by atoms with E-state index in [1.165, 1.54) is 19.1 Å². The number of nitro benzene ring substituents is 1. The number of carbonyl (C=O) groups is 1. The monoisotopic (exact) mass is 225 g/mol. The Balaban J connectivity index is 3.29. The first-order valence-electron chi connectivity index (χ1n) is 4.28. The molecule has 0 heterocycles. The number of hydrogen-bond acceptors (Lipinski definition) is 3. The highest BCUT2D eigenvalue weighted by Gasteiger charge is 2.19. The van der Waals surface area contributed by atoms with Crippen molar-refractivity contribution in [1.29, 1.82) is 0 Å². The molecule has 0 radical (unpaired) electrons. The maximum Gasteiger partial charge on any atom is 0.328 e. The van der Waals surface area contributed by atoms with Gasteiger partial charge in [0.15, 0.2) is 0 Å². The van der Waals surface area contributed by atoms with Crippen molar-refractivity contribution in [1.82, 2.24) is 0 Å². The Kier molecular flexibility index (Phi) is 3.34. The highest BCUT2D eigenvalue weighted by molar-refractivity contribution is 5.85. The van der Waals surface area contributed by atoms with Crippen molar-refractivity contribution in [3.8, 4) is 0 Å². The van der Waals surface area contributed by atoms with Crippen LogP contribution in [0.4, 0.5) is 10.1 Å². The standard InChI is InChI=1S/C10H8FNO4/c1-6-7(3-5-9(13)14)2-4-8(11)10(6)12(15)16/h2-5H,1H3,(H,13,14). The second kappa shape index (κ2) is 4.52. The van der Waals surface area contributed by atoms with Gasteiger partial charge in [-0.15, -0.1) is 0 Å². The van der Waals surface area contributed by atoms with E-state index in [9.17, 15) is 19.3 Å². The van der Waals surface area contributed by atoms with Crippen molar-refractivity contribution in [3.63, 3.8) is 0 Å². The van der Waals surface area contributed by atoms with Gasteiger partial charge in [0.1, 0.15) is 0 Å². The summed E-state index contributed by atoms with van der Waals surface area (Å²) < 4.78 is 13.1. The molecule has 0 aliphatic rings. The van der Waals surface area contributed by atoms with E-state index in [0.717, 1.165) is 12.1 Å². The molecule has 0 spiro atoms. The predicted molar refractivity (Wildman–Crippen MR) is 54.5 cm³/mol. The minimum atomic E-state index is -1.17. The molecule has 1 aromatic carbocycles. The van der Waals surface area contributed by atoms with Crippen LogP contribution in [-0.4, -0.2) is 16.0 Å². The van der Waals surface area contributed by atoms with Crippen LogP contribution in [0.2, 0.25) is 0 Å². The molecule has 0 amide bonds. The fourth-order valence-corrected chi connectivity index (χ4v) is 1.25. The van der Waals surface area contributed by atoms with Crippen molar-refractivity contribution in [2.24, 2.45) is 0 Å². The molecule has 1 N–H and O–H groups in total. The number of carboxylic acid groups (broad SMARTS) is 1. The Morgan fingerprint density at radius 1 is 1.56 bits per heavy atom. The summed E-state index contributed by atoms with van der Waals surface area (Å²) >= 11 is 0. The fourth-order valence-electron chi connectivity index (χ4n) is 1.25. The number of benzene rings is 1. The van der Waals surface area contributed by atoms with Crippen molar-refractivity contribution >= 4 is 17.7 Å². The average molecular weight is 225 g/mol. The lowest BCUT2D eigenvalue weighted by molar-refractivity contribution is -0.388. The van der Waals surface area contributed by atoms with E-state index in [1.54, 1.807) is 0 Å². The molecule has 0 aliphatic heterocycles. The number of rotatable bonds is 3. The molecule has 0 saturated carbocycles. The Labute approximate surface area is 90.0 Å². The largest absolute Gasteiger partial charge is 0.478 e. The van der Waals surface area contributed by atoms with Crippen LogP contribution < -0.4 is 0 Å². The van der Waals surface area contributed by atoms with E-state index >= 15 is 0 Å². The molecule has 0 saturated heterocycles. The Hall–Kier alpha value is -2.24. The van der Waals surface area contributed by atoms with Gasteiger partial charge in [-0.3, -0.25) is 10.1 Å². The zero-order valence-corrected chi connectivity index (χ0v) is 8.31. The van der Waals surface area contributed by atoms with E-state index in [-0.39, 0.29) is 5.56 Å². The first-order valence-corrected chi connectivity index (χ1v) is 4.28. The summed E-state index contributed by atoms with van der Waals surface area (Å²) in [6.07, 6.45) is 2.02. The molecule has 0 fully saturated rings. The van der Waals surface area contributed by atoms with Gasteiger partial charge < -0.3 is 5.11 Å². The van der Waals surface area contributed by atoms with Crippen molar-refractivity contribution in [2.75, 3.05) is 0 Å². The van der Waals surface area contributed by atoms with Crippen LogP contribution >= 0.6 is 0 Å². The second-order valence-electron chi connectivity index (χ2n) is 3.04. The molecule has 1 aromatic rings. The van der Waals surface area contributed by atoms with E-state index < -0.39 is 22.4 Å². The molecular formula is C10H8FNO4. The number of halogens is 1. The Bertz CT molecular complexity index is 482. The van der Waals surface area contributed by atoms with Crippen molar-refractivity contribution in [3.05, 3.63) is 45.3 Å². The van der Waals surface area contributed by atoms with Gasteiger partial charge in [0.05, 0.1) is 4.92 Å². The quantitative estimate of drug-likeness (QED) is 0.485. The summed E-state index contributed by atoms with van der Waals surface area (Å²) in [6, 6.07) is 2.23. The molecule has 5 nitrogen and oxygen atoms in total. The zero-order chi connectivity index (χ0) is 12.3. The predicted octanol–water partition coefficient (Wildman–Crippen LogP) is 2.14. The van der Waals surface area contributed by atoms with Crippen LogP contribution in [0.1, 0.15) is 11.1 Å². The topological polar surface area (TPSA) is 80.4 Å². The SMILES string of the molecule is Cc1c(C=CC(=O)O)ccc(F)c1[N+](=O)[O-]. The summed E-state index contributed by atoms with van der Waals surface area (Å²) in [6.45, 7) is 1.36. The molecule has 84 valence electrons. The van der Waals surface area contributed by atoms with Gasteiger partial charge in [-0.2, -0.15) is 4.39 Å². The van der Waals surface area contributed by atoms with Gasteiger partial charge in [0, 0.05) is 11.6 Å². The fraction of sp³-hybridized carbons (Fsp3) is 0.100. The maximum absolute atomic E-state index is 13.1. The van der Waals surface area contributed by atoms with Gasteiger partial charge in [0.2, 0.25) is 5.82 Å². The van der Waals surface area contributed by atoms with Crippen molar-refractivity contribution < 1.29 is 19.2 Å². The molecule has 1 rings (SSSR count). The normalized spacial score (nSPS) is 10.6. The maximum atomic E-state index is 13.1. The molecule has 0 bridgehead atoms. The zero-order valence-electron chi connectivity index (χ0n) is 8.31.